The first-order valence-corrected chi connectivity index (χ1v) is 13.2. The number of amides is 1. The molecule has 2 aromatic rings. The third-order valence-corrected chi connectivity index (χ3v) is 9.02. The van der Waals surface area contributed by atoms with Gasteiger partial charge in [-0.15, -0.1) is 0 Å². The molecule has 3 saturated heterocycles. The average Bonchev–Trinajstić information content (AvgIpc) is 3.67. The number of rotatable bonds is 7. The van der Waals surface area contributed by atoms with Crippen LogP contribution in [0.15, 0.2) is 42.5 Å². The minimum atomic E-state index is -0.735. The maximum Gasteiger partial charge on any atom is 0.408 e. The predicted octanol–water partition coefficient (Wildman–Crippen LogP) is 5.22. The summed E-state index contributed by atoms with van der Waals surface area (Å²) in [5.41, 5.74) is 5.04. The van der Waals surface area contributed by atoms with Crippen molar-refractivity contribution in [1.29, 1.82) is 0 Å². The van der Waals surface area contributed by atoms with Gasteiger partial charge in [-0.1, -0.05) is 30.3 Å². The molecule has 3 aliphatic heterocycles. The molecule has 5 aliphatic rings. The third kappa shape index (κ3) is 4.21. The smallest absolute Gasteiger partial charge is 0.408 e. The number of methoxy groups -OCH3 is 1. The zero-order valence-electron chi connectivity index (χ0n) is 20.6. The summed E-state index contributed by atoms with van der Waals surface area (Å²) in [6.45, 7) is 4.26. The molecule has 2 aliphatic carbocycles. The molecule has 35 heavy (non-hydrogen) atoms. The second kappa shape index (κ2) is 9.14. The van der Waals surface area contributed by atoms with Crippen LogP contribution >= 0.6 is 0 Å². The highest BCUT2D eigenvalue weighted by atomic mass is 16.5. The second-order valence-electron chi connectivity index (χ2n) is 10.9. The number of hydrogen-bond donors (Lipinski definition) is 1. The van der Waals surface area contributed by atoms with Gasteiger partial charge in [0.05, 0.1) is 18.7 Å². The Labute approximate surface area is 207 Å². The molecule has 6 heteroatoms. The highest BCUT2D eigenvalue weighted by molar-refractivity contribution is 5.69. The van der Waals surface area contributed by atoms with Crippen molar-refractivity contribution in [2.24, 2.45) is 11.3 Å². The molecule has 1 unspecified atom stereocenters. The number of hydrogen-bond acceptors (Lipinski definition) is 4. The normalized spacial score (nSPS) is 27.9. The number of piperidine rings is 3. The summed E-state index contributed by atoms with van der Waals surface area (Å²) in [5.74, 6) is 1.34. The SMILES string of the molecule is COCCOc1ccc(-c2ccc3c(c2)CCC2(CC2)[C@@H]3N(C(=O)O)C2CN3CCC2CC3)cc1. The average molecular weight is 477 g/mol. The molecule has 0 aromatic heterocycles. The lowest BCUT2D eigenvalue weighted by Crippen LogP contribution is -2.60. The van der Waals surface area contributed by atoms with Gasteiger partial charge in [-0.05, 0) is 97.3 Å². The molecule has 4 fully saturated rings. The maximum absolute atomic E-state index is 12.8. The molecule has 3 heterocycles. The molecule has 186 valence electrons. The molecule has 1 amide bonds. The Morgan fingerprint density at radius 3 is 2.43 bits per heavy atom. The van der Waals surface area contributed by atoms with Crippen LogP contribution in [-0.4, -0.2) is 67.0 Å². The van der Waals surface area contributed by atoms with E-state index in [-0.39, 0.29) is 17.5 Å². The molecule has 0 radical (unpaired) electrons. The van der Waals surface area contributed by atoms with Gasteiger partial charge in [0.15, 0.2) is 0 Å². The van der Waals surface area contributed by atoms with E-state index in [1.165, 1.54) is 16.7 Å². The van der Waals surface area contributed by atoms with Crippen LogP contribution in [0.25, 0.3) is 11.1 Å². The molecular weight excluding hydrogens is 440 g/mol. The summed E-state index contributed by atoms with van der Waals surface area (Å²) in [5, 5.41) is 10.5. The van der Waals surface area contributed by atoms with E-state index in [1.807, 2.05) is 17.0 Å². The highest BCUT2D eigenvalue weighted by Gasteiger charge is 2.57. The number of carbonyl (C=O) groups is 1. The van der Waals surface area contributed by atoms with Gasteiger partial charge < -0.3 is 19.5 Å². The first kappa shape index (κ1) is 22.9. The Balaban J connectivity index is 1.29. The van der Waals surface area contributed by atoms with E-state index >= 15 is 0 Å². The lowest BCUT2D eigenvalue weighted by Gasteiger charge is -2.52. The molecule has 2 bridgehead atoms. The summed E-state index contributed by atoms with van der Waals surface area (Å²) in [6, 6.07) is 15.0. The largest absolute Gasteiger partial charge is 0.491 e. The number of aryl methyl sites for hydroxylation is 1. The van der Waals surface area contributed by atoms with E-state index in [2.05, 4.69) is 35.2 Å². The Bertz CT molecular complexity index is 1070. The maximum atomic E-state index is 12.8. The first-order chi connectivity index (χ1) is 17.1. The second-order valence-corrected chi connectivity index (χ2v) is 10.9. The van der Waals surface area contributed by atoms with E-state index in [1.54, 1.807) is 7.11 Å². The topological polar surface area (TPSA) is 62.2 Å². The van der Waals surface area contributed by atoms with Gasteiger partial charge in [0.2, 0.25) is 0 Å². The fraction of sp³-hybridized carbons (Fsp3) is 0.552. The van der Waals surface area contributed by atoms with Gasteiger partial charge in [-0.25, -0.2) is 4.79 Å². The quantitative estimate of drug-likeness (QED) is 0.555. The van der Waals surface area contributed by atoms with Crippen molar-refractivity contribution < 1.29 is 19.4 Å². The van der Waals surface area contributed by atoms with Gasteiger partial charge in [0.25, 0.3) is 0 Å². The van der Waals surface area contributed by atoms with Crippen molar-refractivity contribution >= 4 is 6.09 Å². The third-order valence-electron chi connectivity index (χ3n) is 9.02. The monoisotopic (exact) mass is 476 g/mol. The van der Waals surface area contributed by atoms with E-state index in [9.17, 15) is 9.90 Å². The summed E-state index contributed by atoms with van der Waals surface area (Å²) >= 11 is 0. The van der Waals surface area contributed by atoms with E-state index < -0.39 is 6.09 Å². The van der Waals surface area contributed by atoms with Crippen LogP contribution in [0.1, 0.15) is 49.3 Å². The minimum absolute atomic E-state index is 0.0140. The lowest BCUT2D eigenvalue weighted by molar-refractivity contribution is -0.0243. The minimum Gasteiger partial charge on any atom is -0.491 e. The van der Waals surface area contributed by atoms with Crippen molar-refractivity contribution in [2.45, 2.75) is 50.6 Å². The summed E-state index contributed by atoms with van der Waals surface area (Å²) in [6.07, 6.45) is 5.94. The Kier molecular flexibility index (Phi) is 5.97. The van der Waals surface area contributed by atoms with Crippen molar-refractivity contribution in [3.8, 4) is 16.9 Å². The summed E-state index contributed by atoms with van der Waals surface area (Å²) in [4.78, 5) is 17.2. The Morgan fingerprint density at radius 2 is 1.80 bits per heavy atom. The molecule has 2 atom stereocenters. The standard InChI is InChI=1S/C29H36N2O4/c1-34-16-17-35-24-5-2-20(3-6-24)22-4-7-25-23(18-22)8-11-29(12-13-29)27(25)31(28(32)33)26-19-30-14-9-21(26)10-15-30/h2-7,18,21,26-27H,8-17,19H2,1H3,(H,32,33)/t26?,27-/m1/s1. The van der Waals surface area contributed by atoms with Gasteiger partial charge in [0.1, 0.15) is 12.4 Å². The van der Waals surface area contributed by atoms with Crippen molar-refractivity contribution in [3.05, 3.63) is 53.6 Å². The molecule has 7 rings (SSSR count). The van der Waals surface area contributed by atoms with Crippen molar-refractivity contribution in [1.82, 2.24) is 9.80 Å². The zero-order chi connectivity index (χ0) is 24.0. The predicted molar refractivity (Wildman–Crippen MR) is 135 cm³/mol. The fourth-order valence-corrected chi connectivity index (χ4v) is 6.93. The van der Waals surface area contributed by atoms with Crippen LogP contribution < -0.4 is 4.74 Å². The van der Waals surface area contributed by atoms with Crippen molar-refractivity contribution in [3.63, 3.8) is 0 Å². The molecule has 1 N–H and O–H groups in total. The lowest BCUT2D eigenvalue weighted by atomic mass is 9.73. The summed E-state index contributed by atoms with van der Waals surface area (Å²) < 4.78 is 10.8. The molecule has 1 saturated carbocycles. The Morgan fingerprint density at radius 1 is 1.06 bits per heavy atom. The van der Waals surface area contributed by atoms with E-state index in [0.29, 0.717) is 19.1 Å². The van der Waals surface area contributed by atoms with Crippen molar-refractivity contribution in [2.75, 3.05) is 40.0 Å². The first-order valence-electron chi connectivity index (χ1n) is 13.2. The molecule has 2 aromatic carbocycles. The highest BCUT2D eigenvalue weighted by Crippen LogP contribution is 2.63. The van der Waals surface area contributed by atoms with Gasteiger partial charge in [-0.3, -0.25) is 4.90 Å². The molecular formula is C29H36N2O4. The van der Waals surface area contributed by atoms with Gasteiger partial charge in [-0.2, -0.15) is 0 Å². The number of ether oxygens (including phenoxy) is 2. The number of benzene rings is 2. The van der Waals surface area contributed by atoms with E-state index in [4.69, 9.17) is 9.47 Å². The van der Waals surface area contributed by atoms with E-state index in [0.717, 1.165) is 69.5 Å². The van der Waals surface area contributed by atoms with Crippen LogP contribution in [-0.2, 0) is 11.2 Å². The van der Waals surface area contributed by atoms with Crippen LogP contribution in [0, 0.1) is 11.3 Å². The number of carboxylic acid groups (broad SMARTS) is 1. The zero-order valence-corrected chi connectivity index (χ0v) is 20.6. The van der Waals surface area contributed by atoms with Gasteiger partial charge in [0, 0.05) is 13.7 Å². The van der Waals surface area contributed by atoms with Crippen LogP contribution in [0.5, 0.6) is 5.75 Å². The van der Waals surface area contributed by atoms with Crippen LogP contribution in [0.2, 0.25) is 0 Å². The Hall–Kier alpha value is -2.57. The molecule has 1 spiro atoms. The number of fused-ring (bicyclic) bond motifs is 4. The fourth-order valence-electron chi connectivity index (χ4n) is 6.93. The van der Waals surface area contributed by atoms with Crippen LogP contribution in [0.3, 0.4) is 0 Å². The number of nitrogens with zero attached hydrogens (tertiary/aromatic N) is 2. The summed E-state index contributed by atoms with van der Waals surface area (Å²) in [7, 11) is 1.67. The van der Waals surface area contributed by atoms with Crippen LogP contribution in [0.4, 0.5) is 4.79 Å². The molecule has 6 nitrogen and oxygen atoms in total. The van der Waals surface area contributed by atoms with Gasteiger partial charge >= 0.3 is 6.09 Å².